The number of alkyl halides is 7. The molecular weight excluding hydrogens is 571 g/mol. The zero-order valence-electron chi connectivity index (χ0n) is 22.4. The number of anilines is 2. The molecular formula is C29H26F7N3O3. The largest absolute Gasteiger partial charge is 0.435 e. The molecule has 0 aliphatic carbocycles. The van der Waals surface area contributed by atoms with E-state index in [0.29, 0.717) is 17.7 Å². The van der Waals surface area contributed by atoms with Gasteiger partial charge in [-0.3, -0.25) is 14.4 Å². The van der Waals surface area contributed by atoms with E-state index in [1.807, 2.05) is 0 Å². The second-order valence-corrected chi connectivity index (χ2v) is 9.46. The summed E-state index contributed by atoms with van der Waals surface area (Å²) in [6.07, 6.45) is -12.3. The number of halogens is 7. The van der Waals surface area contributed by atoms with Crippen molar-refractivity contribution in [1.82, 2.24) is 0 Å². The van der Waals surface area contributed by atoms with Crippen LogP contribution in [0.15, 0.2) is 72.8 Å². The number of carbonyl (C=O) groups excluding carboxylic acids is 3. The topological polar surface area (TPSA) is 83.7 Å². The molecule has 0 heterocycles. The summed E-state index contributed by atoms with van der Waals surface area (Å²) in [5, 5.41) is 0. The number of aryl methyl sites for hydroxylation is 1. The lowest BCUT2D eigenvalue weighted by Crippen LogP contribution is -2.50. The van der Waals surface area contributed by atoms with Gasteiger partial charge in [-0.1, -0.05) is 36.4 Å². The van der Waals surface area contributed by atoms with Gasteiger partial charge < -0.3 is 15.5 Å². The summed E-state index contributed by atoms with van der Waals surface area (Å²) >= 11 is 0. The van der Waals surface area contributed by atoms with Gasteiger partial charge in [0.15, 0.2) is 0 Å². The number of nitrogens with zero attached hydrogens (tertiary/aromatic N) is 2. The third kappa shape index (κ3) is 6.55. The van der Waals surface area contributed by atoms with Crippen LogP contribution in [0.2, 0.25) is 0 Å². The molecule has 2 N–H and O–H groups in total. The highest BCUT2D eigenvalue weighted by Gasteiger charge is 2.73. The number of benzene rings is 3. The predicted octanol–water partition coefficient (Wildman–Crippen LogP) is 6.47. The van der Waals surface area contributed by atoms with E-state index in [4.69, 9.17) is 5.73 Å². The Bertz CT molecular complexity index is 1440. The highest BCUT2D eigenvalue weighted by atomic mass is 19.4. The summed E-state index contributed by atoms with van der Waals surface area (Å²) in [5.74, 6) is -1.70. The molecule has 3 amide bonds. The molecule has 0 radical (unpaired) electrons. The van der Waals surface area contributed by atoms with Gasteiger partial charge in [-0.05, 0) is 55.3 Å². The lowest BCUT2D eigenvalue weighted by atomic mass is 9.92. The predicted molar refractivity (Wildman–Crippen MR) is 142 cm³/mol. The van der Waals surface area contributed by atoms with Crippen LogP contribution in [-0.4, -0.2) is 43.7 Å². The van der Waals surface area contributed by atoms with Crippen LogP contribution in [0, 0.1) is 6.92 Å². The summed E-state index contributed by atoms with van der Waals surface area (Å²) in [6, 6.07) is 15.6. The van der Waals surface area contributed by atoms with Crippen molar-refractivity contribution in [2.24, 2.45) is 5.73 Å². The quantitative estimate of drug-likeness (QED) is 0.287. The monoisotopic (exact) mass is 597 g/mol. The molecule has 0 aliphatic heterocycles. The molecule has 0 aromatic heterocycles. The lowest BCUT2D eigenvalue weighted by molar-refractivity contribution is -0.348. The first-order valence-corrected chi connectivity index (χ1v) is 12.5. The molecule has 0 atom stereocenters. The second-order valence-electron chi connectivity index (χ2n) is 9.46. The van der Waals surface area contributed by atoms with Crippen LogP contribution in [0.3, 0.4) is 0 Å². The van der Waals surface area contributed by atoms with Crippen molar-refractivity contribution in [1.29, 1.82) is 0 Å². The van der Waals surface area contributed by atoms with E-state index < -0.39 is 41.3 Å². The first kappa shape index (κ1) is 32.1. The maximum Gasteiger partial charge on any atom is 0.435 e. The minimum Gasteiger partial charge on any atom is -0.370 e. The second kappa shape index (κ2) is 12.2. The van der Waals surface area contributed by atoms with E-state index >= 15 is 0 Å². The maximum atomic E-state index is 14.5. The van der Waals surface area contributed by atoms with Crippen LogP contribution in [0.1, 0.15) is 44.7 Å². The fourth-order valence-corrected chi connectivity index (χ4v) is 4.34. The number of hydrogen-bond acceptors (Lipinski definition) is 3. The van der Waals surface area contributed by atoms with Crippen LogP contribution in [0.25, 0.3) is 0 Å². The molecule has 6 nitrogen and oxygen atoms in total. The average molecular weight is 598 g/mol. The van der Waals surface area contributed by atoms with Crippen LogP contribution < -0.4 is 15.5 Å². The SMILES string of the molecule is Cc1cc(C(F)(C(F)(F)F)C(F)(F)F)ccc1N(C)C(=O)c1cccc(N(CCCC(N)=O)C(=O)c2ccccc2)c1. The fourth-order valence-electron chi connectivity index (χ4n) is 4.34. The van der Waals surface area contributed by atoms with Gasteiger partial charge in [-0.15, -0.1) is 0 Å². The van der Waals surface area contributed by atoms with Gasteiger partial charge in [0.1, 0.15) is 0 Å². The lowest BCUT2D eigenvalue weighted by Gasteiger charge is -2.31. The summed E-state index contributed by atoms with van der Waals surface area (Å²) in [7, 11) is 1.24. The normalized spacial score (nSPS) is 12.1. The molecule has 3 rings (SSSR count). The highest BCUT2D eigenvalue weighted by Crippen LogP contribution is 2.53. The Hall–Kier alpha value is -4.42. The maximum absolute atomic E-state index is 14.5. The smallest absolute Gasteiger partial charge is 0.370 e. The highest BCUT2D eigenvalue weighted by molar-refractivity contribution is 6.09. The van der Waals surface area contributed by atoms with Crippen molar-refractivity contribution in [3.05, 3.63) is 95.1 Å². The summed E-state index contributed by atoms with van der Waals surface area (Å²) < 4.78 is 93.7. The van der Waals surface area contributed by atoms with E-state index in [1.165, 1.54) is 30.1 Å². The summed E-state index contributed by atoms with van der Waals surface area (Å²) in [4.78, 5) is 40.2. The molecule has 0 unspecified atom stereocenters. The van der Waals surface area contributed by atoms with Crippen LogP contribution in [0.5, 0.6) is 0 Å². The van der Waals surface area contributed by atoms with Gasteiger partial charge in [0.25, 0.3) is 11.8 Å². The Balaban J connectivity index is 1.95. The Labute approximate surface area is 236 Å². The van der Waals surface area contributed by atoms with Crippen molar-refractivity contribution in [2.45, 2.75) is 37.8 Å². The third-order valence-corrected chi connectivity index (χ3v) is 6.52. The number of nitrogens with two attached hydrogens (primary N) is 1. The number of amides is 3. The molecule has 42 heavy (non-hydrogen) atoms. The van der Waals surface area contributed by atoms with Gasteiger partial charge >= 0.3 is 18.0 Å². The molecule has 224 valence electrons. The number of primary amides is 1. The summed E-state index contributed by atoms with van der Waals surface area (Å²) in [6.45, 7) is 1.22. The van der Waals surface area contributed by atoms with Crippen LogP contribution >= 0.6 is 0 Å². The first-order chi connectivity index (χ1) is 19.5. The van der Waals surface area contributed by atoms with E-state index in [-0.39, 0.29) is 41.9 Å². The Morgan fingerprint density at radius 2 is 1.36 bits per heavy atom. The van der Waals surface area contributed by atoms with Crippen molar-refractivity contribution >= 4 is 29.1 Å². The Morgan fingerprint density at radius 1 is 0.762 bits per heavy atom. The van der Waals surface area contributed by atoms with Crippen LogP contribution in [0.4, 0.5) is 42.1 Å². The molecule has 3 aromatic rings. The number of hydrogen-bond donors (Lipinski definition) is 1. The third-order valence-electron chi connectivity index (χ3n) is 6.52. The van der Waals surface area contributed by atoms with Gasteiger partial charge in [-0.25, -0.2) is 4.39 Å². The number of carbonyl (C=O) groups is 3. The van der Waals surface area contributed by atoms with E-state index in [1.54, 1.807) is 36.4 Å². The van der Waals surface area contributed by atoms with E-state index in [2.05, 4.69) is 0 Å². The van der Waals surface area contributed by atoms with E-state index in [9.17, 15) is 45.1 Å². The first-order valence-electron chi connectivity index (χ1n) is 12.5. The minimum absolute atomic E-state index is 0.00194. The summed E-state index contributed by atoms with van der Waals surface area (Å²) in [5.41, 5.74) is -1.69. The molecule has 0 saturated carbocycles. The van der Waals surface area contributed by atoms with Crippen molar-refractivity contribution in [2.75, 3.05) is 23.4 Å². The number of rotatable bonds is 9. The zero-order valence-corrected chi connectivity index (χ0v) is 22.4. The molecule has 13 heteroatoms. The molecule has 0 bridgehead atoms. The van der Waals surface area contributed by atoms with Crippen molar-refractivity contribution in [3.63, 3.8) is 0 Å². The van der Waals surface area contributed by atoms with Gasteiger partial charge in [0, 0.05) is 48.1 Å². The zero-order chi connectivity index (χ0) is 31.5. The fraction of sp³-hybridized carbons (Fsp3) is 0.276. The molecule has 0 saturated heterocycles. The van der Waals surface area contributed by atoms with E-state index in [0.717, 1.165) is 17.9 Å². The standard InChI is InChI=1S/C29H26F7N3O3/c1-18-16-21(27(30,28(31,32)33)29(34,35)36)13-14-23(18)38(2)25(41)20-10-6-11-22(17-20)39(15-7-12-24(37)40)26(42)19-8-4-3-5-9-19/h3-6,8-11,13-14,16-17H,7,12,15H2,1-2H3,(H2,37,40). The van der Waals surface area contributed by atoms with Crippen molar-refractivity contribution < 1.29 is 45.1 Å². The van der Waals surface area contributed by atoms with Gasteiger partial charge in [0.2, 0.25) is 5.91 Å². The Morgan fingerprint density at radius 3 is 1.90 bits per heavy atom. The molecule has 0 aliphatic rings. The molecule has 3 aromatic carbocycles. The minimum atomic E-state index is -6.28. The average Bonchev–Trinajstić information content (AvgIpc) is 2.93. The van der Waals surface area contributed by atoms with Gasteiger partial charge in [0.05, 0.1) is 0 Å². The van der Waals surface area contributed by atoms with Crippen molar-refractivity contribution in [3.8, 4) is 0 Å². The Kier molecular flexibility index (Phi) is 9.33. The van der Waals surface area contributed by atoms with Gasteiger partial charge in [-0.2, -0.15) is 26.3 Å². The molecule has 0 spiro atoms. The molecule has 0 fully saturated rings. The van der Waals surface area contributed by atoms with Crippen LogP contribution in [-0.2, 0) is 10.5 Å².